The number of primary amides is 1. The number of benzene rings is 2. The number of rotatable bonds is 6. The van der Waals surface area contributed by atoms with Crippen LogP contribution in [0.2, 0.25) is 0 Å². The van der Waals surface area contributed by atoms with Gasteiger partial charge in [-0.05, 0) is 48.2 Å². The Morgan fingerprint density at radius 3 is 2.69 bits per heavy atom. The molecule has 0 aromatic heterocycles. The molecule has 5 nitrogen and oxygen atoms in total. The Morgan fingerprint density at radius 2 is 1.96 bits per heavy atom. The Morgan fingerprint density at radius 1 is 1.19 bits per heavy atom. The van der Waals surface area contributed by atoms with Crippen molar-refractivity contribution in [3.8, 4) is 6.07 Å². The molecule has 1 fully saturated rings. The first-order valence-corrected chi connectivity index (χ1v) is 8.98. The van der Waals surface area contributed by atoms with E-state index in [1.807, 2.05) is 24.3 Å². The van der Waals surface area contributed by atoms with Crippen molar-refractivity contribution in [2.45, 2.75) is 25.9 Å². The molecule has 2 aromatic carbocycles. The highest BCUT2D eigenvalue weighted by atomic mass is 16.1. The van der Waals surface area contributed by atoms with Gasteiger partial charge in [-0.15, -0.1) is 0 Å². The Labute approximate surface area is 154 Å². The molecule has 0 spiro atoms. The summed E-state index contributed by atoms with van der Waals surface area (Å²) in [6, 6.07) is 18.2. The first kappa shape index (κ1) is 18.0. The Bertz CT molecular complexity index is 794. The van der Waals surface area contributed by atoms with Gasteiger partial charge < -0.3 is 16.0 Å². The molecule has 134 valence electrons. The number of hydrogen-bond acceptors (Lipinski definition) is 4. The van der Waals surface area contributed by atoms with Crippen LogP contribution >= 0.6 is 0 Å². The molecule has 3 N–H and O–H groups in total. The Kier molecular flexibility index (Phi) is 5.88. The summed E-state index contributed by atoms with van der Waals surface area (Å²) in [4.78, 5) is 13.7. The minimum Gasteiger partial charge on any atom is -0.371 e. The summed E-state index contributed by atoms with van der Waals surface area (Å²) in [5, 5.41) is 12.4. The van der Waals surface area contributed by atoms with Crippen LogP contribution < -0.4 is 16.0 Å². The van der Waals surface area contributed by atoms with E-state index in [0.717, 1.165) is 43.7 Å². The lowest BCUT2D eigenvalue weighted by molar-refractivity contribution is -0.122. The summed E-state index contributed by atoms with van der Waals surface area (Å²) in [7, 11) is 0. The van der Waals surface area contributed by atoms with Crippen LogP contribution in [0.1, 0.15) is 29.5 Å². The number of piperidine rings is 1. The predicted octanol–water partition coefficient (Wildman–Crippen LogP) is 2.55. The molecule has 0 radical (unpaired) electrons. The molecule has 0 aliphatic carbocycles. The van der Waals surface area contributed by atoms with Gasteiger partial charge in [0.1, 0.15) is 0 Å². The largest absolute Gasteiger partial charge is 0.371 e. The zero-order chi connectivity index (χ0) is 18.4. The SMILES string of the molecule is N#Cc1cccc(CNCc2ccc(N3CCC[C@@H](C(N)=O)C3)cc2)c1. The highest BCUT2D eigenvalue weighted by molar-refractivity contribution is 5.77. The van der Waals surface area contributed by atoms with Crippen molar-refractivity contribution < 1.29 is 4.79 Å². The fourth-order valence-corrected chi connectivity index (χ4v) is 3.37. The maximum Gasteiger partial charge on any atom is 0.222 e. The van der Waals surface area contributed by atoms with Crippen molar-refractivity contribution in [2.75, 3.05) is 18.0 Å². The average Bonchev–Trinajstić information content (AvgIpc) is 2.69. The number of carbonyl (C=O) groups excluding carboxylic acids is 1. The molecule has 2 aromatic rings. The molecular weight excluding hydrogens is 324 g/mol. The molecule has 1 amide bonds. The Balaban J connectivity index is 1.53. The minimum atomic E-state index is -0.198. The first-order valence-electron chi connectivity index (χ1n) is 8.98. The van der Waals surface area contributed by atoms with Gasteiger partial charge in [0.05, 0.1) is 17.6 Å². The predicted molar refractivity (Wildman–Crippen MR) is 102 cm³/mol. The molecule has 0 saturated carbocycles. The molecule has 26 heavy (non-hydrogen) atoms. The number of carbonyl (C=O) groups is 1. The van der Waals surface area contributed by atoms with E-state index in [2.05, 4.69) is 40.6 Å². The van der Waals surface area contributed by atoms with Gasteiger partial charge in [-0.2, -0.15) is 5.26 Å². The molecule has 1 saturated heterocycles. The van der Waals surface area contributed by atoms with Gasteiger partial charge in [0.15, 0.2) is 0 Å². The van der Waals surface area contributed by atoms with E-state index < -0.39 is 0 Å². The van der Waals surface area contributed by atoms with E-state index >= 15 is 0 Å². The number of nitrogens with two attached hydrogens (primary N) is 1. The first-order chi connectivity index (χ1) is 12.7. The number of hydrogen-bond donors (Lipinski definition) is 2. The fourth-order valence-electron chi connectivity index (χ4n) is 3.37. The molecular formula is C21H24N4O. The van der Waals surface area contributed by atoms with Crippen LogP contribution in [-0.2, 0) is 17.9 Å². The third-order valence-corrected chi connectivity index (χ3v) is 4.84. The fraction of sp³-hybridized carbons (Fsp3) is 0.333. The number of nitriles is 1. The van der Waals surface area contributed by atoms with Crippen molar-refractivity contribution in [3.63, 3.8) is 0 Å². The van der Waals surface area contributed by atoms with Crippen molar-refractivity contribution in [2.24, 2.45) is 11.7 Å². The molecule has 1 aliphatic rings. The third-order valence-electron chi connectivity index (χ3n) is 4.84. The van der Waals surface area contributed by atoms with Gasteiger partial charge in [-0.3, -0.25) is 4.79 Å². The minimum absolute atomic E-state index is 0.0470. The van der Waals surface area contributed by atoms with E-state index in [9.17, 15) is 4.79 Å². The summed E-state index contributed by atoms with van der Waals surface area (Å²) < 4.78 is 0. The van der Waals surface area contributed by atoms with Crippen LogP contribution in [0.5, 0.6) is 0 Å². The van der Waals surface area contributed by atoms with Gasteiger partial charge in [-0.1, -0.05) is 24.3 Å². The van der Waals surface area contributed by atoms with Gasteiger partial charge in [-0.25, -0.2) is 0 Å². The molecule has 0 bridgehead atoms. The summed E-state index contributed by atoms with van der Waals surface area (Å²) >= 11 is 0. The van der Waals surface area contributed by atoms with E-state index in [-0.39, 0.29) is 11.8 Å². The average molecular weight is 348 g/mol. The normalized spacial score (nSPS) is 16.9. The van der Waals surface area contributed by atoms with E-state index in [4.69, 9.17) is 11.0 Å². The van der Waals surface area contributed by atoms with Crippen LogP contribution in [0.4, 0.5) is 5.69 Å². The maximum atomic E-state index is 11.4. The Hall–Kier alpha value is -2.84. The standard InChI is InChI=1S/C21H24N4O/c22-12-17-3-1-4-18(11-17)14-24-13-16-6-8-20(9-7-16)25-10-2-5-19(15-25)21(23)26/h1,3-4,6-9,11,19,24H,2,5,10,13-15H2,(H2,23,26)/t19-/m1/s1. The lowest BCUT2D eigenvalue weighted by Gasteiger charge is -2.33. The van der Waals surface area contributed by atoms with E-state index in [0.29, 0.717) is 12.1 Å². The molecule has 5 heteroatoms. The molecule has 1 heterocycles. The van der Waals surface area contributed by atoms with Gasteiger partial charge in [0.25, 0.3) is 0 Å². The quantitative estimate of drug-likeness (QED) is 0.840. The monoisotopic (exact) mass is 348 g/mol. The van der Waals surface area contributed by atoms with Gasteiger partial charge >= 0.3 is 0 Å². The van der Waals surface area contributed by atoms with Gasteiger partial charge in [0.2, 0.25) is 5.91 Å². The van der Waals surface area contributed by atoms with Crippen molar-refractivity contribution in [1.29, 1.82) is 5.26 Å². The van der Waals surface area contributed by atoms with Crippen molar-refractivity contribution >= 4 is 11.6 Å². The molecule has 3 rings (SSSR count). The number of amides is 1. The number of anilines is 1. The lowest BCUT2D eigenvalue weighted by Crippen LogP contribution is -2.41. The van der Waals surface area contributed by atoms with Crippen LogP contribution in [-0.4, -0.2) is 19.0 Å². The number of nitrogens with one attached hydrogen (secondary N) is 1. The molecule has 0 unspecified atom stereocenters. The van der Waals surface area contributed by atoms with Crippen LogP contribution in [0.25, 0.3) is 0 Å². The molecule has 1 aliphatic heterocycles. The highest BCUT2D eigenvalue weighted by Crippen LogP contribution is 2.23. The van der Waals surface area contributed by atoms with Gasteiger partial charge in [0, 0.05) is 31.9 Å². The van der Waals surface area contributed by atoms with Crippen molar-refractivity contribution in [1.82, 2.24) is 5.32 Å². The second-order valence-corrected chi connectivity index (χ2v) is 6.77. The van der Waals surface area contributed by atoms with Crippen molar-refractivity contribution in [3.05, 3.63) is 65.2 Å². The summed E-state index contributed by atoms with van der Waals surface area (Å²) in [6.07, 6.45) is 1.89. The summed E-state index contributed by atoms with van der Waals surface area (Å²) in [5.41, 5.74) is 9.59. The molecule has 1 atom stereocenters. The third kappa shape index (κ3) is 4.62. The number of nitrogens with zero attached hydrogens (tertiary/aromatic N) is 2. The second kappa shape index (κ2) is 8.50. The zero-order valence-electron chi connectivity index (χ0n) is 14.8. The zero-order valence-corrected chi connectivity index (χ0v) is 14.8. The second-order valence-electron chi connectivity index (χ2n) is 6.77. The smallest absolute Gasteiger partial charge is 0.222 e. The summed E-state index contributed by atoms with van der Waals surface area (Å²) in [5.74, 6) is -0.245. The summed E-state index contributed by atoms with van der Waals surface area (Å²) in [6.45, 7) is 3.17. The van der Waals surface area contributed by atoms with Crippen LogP contribution in [0, 0.1) is 17.2 Å². The van der Waals surface area contributed by atoms with E-state index in [1.54, 1.807) is 0 Å². The van der Waals surface area contributed by atoms with E-state index in [1.165, 1.54) is 5.56 Å². The maximum absolute atomic E-state index is 11.4. The highest BCUT2D eigenvalue weighted by Gasteiger charge is 2.23. The van der Waals surface area contributed by atoms with Crippen LogP contribution in [0.3, 0.4) is 0 Å². The lowest BCUT2D eigenvalue weighted by atomic mass is 9.97. The topological polar surface area (TPSA) is 82.2 Å². The van der Waals surface area contributed by atoms with Crippen LogP contribution in [0.15, 0.2) is 48.5 Å².